The predicted octanol–water partition coefficient (Wildman–Crippen LogP) is 0.890. The lowest BCUT2D eigenvalue weighted by Gasteiger charge is -2.05. The second-order valence-corrected chi connectivity index (χ2v) is 3.80. The molecule has 0 saturated carbocycles. The van der Waals surface area contributed by atoms with E-state index in [0.29, 0.717) is 25.6 Å². The molecule has 1 heterocycles. The summed E-state index contributed by atoms with van der Waals surface area (Å²) in [4.78, 5) is 14.0. The van der Waals surface area contributed by atoms with E-state index >= 15 is 0 Å². The molecule has 106 valence electrons. The highest BCUT2D eigenvalue weighted by Crippen LogP contribution is 2.06. The van der Waals surface area contributed by atoms with Crippen molar-refractivity contribution in [3.63, 3.8) is 0 Å². The van der Waals surface area contributed by atoms with Crippen LogP contribution in [0.3, 0.4) is 0 Å². The third-order valence-corrected chi connectivity index (χ3v) is 2.00. The fraction of sp³-hybridized carbons (Fsp3) is 0.400. The molecule has 9 heteroatoms. The highest BCUT2D eigenvalue weighted by Gasteiger charge is 2.07. The summed E-state index contributed by atoms with van der Waals surface area (Å²) in [6.07, 6.45) is 2.57. The van der Waals surface area contributed by atoms with Crippen LogP contribution in [0, 0.1) is 10.1 Å². The van der Waals surface area contributed by atoms with Gasteiger partial charge in [0.15, 0.2) is 5.96 Å². The molecule has 1 aromatic heterocycles. The van der Waals surface area contributed by atoms with Crippen LogP contribution in [0.2, 0.25) is 0 Å². The third-order valence-electron chi connectivity index (χ3n) is 2.00. The Bertz CT molecular complexity index is 470. The molecular weight excluding hydrogens is 363 g/mol. The van der Waals surface area contributed by atoms with Crippen molar-refractivity contribution in [3.05, 3.63) is 34.7 Å². The minimum absolute atomic E-state index is 0. The van der Waals surface area contributed by atoms with Crippen molar-refractivity contribution in [2.24, 2.45) is 10.7 Å². The Kier molecular flexibility index (Phi) is 7.72. The maximum Gasteiger partial charge on any atom is 0.306 e. The van der Waals surface area contributed by atoms with E-state index in [1.165, 1.54) is 17.1 Å². The summed E-state index contributed by atoms with van der Waals surface area (Å²) in [7, 11) is 0. The first-order valence-corrected chi connectivity index (χ1v) is 5.34. The zero-order valence-electron chi connectivity index (χ0n) is 10.6. The monoisotopic (exact) mass is 380 g/mol. The number of hydrogen-bond donors (Lipinski definition) is 2. The third kappa shape index (κ3) is 6.74. The number of aliphatic imine (C=N–C) groups is 1. The van der Waals surface area contributed by atoms with Crippen molar-refractivity contribution >= 4 is 35.6 Å². The van der Waals surface area contributed by atoms with Gasteiger partial charge in [-0.1, -0.05) is 12.2 Å². The van der Waals surface area contributed by atoms with Crippen LogP contribution >= 0.6 is 24.0 Å². The average Bonchev–Trinajstić information content (AvgIpc) is 2.75. The van der Waals surface area contributed by atoms with Gasteiger partial charge in [-0.05, 0) is 6.92 Å². The van der Waals surface area contributed by atoms with Gasteiger partial charge >= 0.3 is 5.69 Å². The number of guanidine groups is 1. The number of nitro groups is 1. The van der Waals surface area contributed by atoms with Gasteiger partial charge in [-0.2, -0.15) is 5.10 Å². The van der Waals surface area contributed by atoms with E-state index in [0.717, 1.165) is 5.57 Å². The SMILES string of the molecule is C=C(C)CN=C(N)NCCn1cc([N+](=O)[O-])cn1.I. The first kappa shape index (κ1) is 17.4. The van der Waals surface area contributed by atoms with Crippen LogP contribution in [0.5, 0.6) is 0 Å². The van der Waals surface area contributed by atoms with Crippen molar-refractivity contribution in [1.29, 1.82) is 0 Å². The zero-order valence-corrected chi connectivity index (χ0v) is 12.9. The van der Waals surface area contributed by atoms with Gasteiger partial charge in [-0.25, -0.2) is 4.99 Å². The van der Waals surface area contributed by atoms with E-state index in [-0.39, 0.29) is 29.7 Å². The Morgan fingerprint density at radius 1 is 1.74 bits per heavy atom. The van der Waals surface area contributed by atoms with Gasteiger partial charge in [0.05, 0.1) is 18.0 Å². The number of nitrogens with one attached hydrogen (secondary N) is 1. The van der Waals surface area contributed by atoms with Crippen LogP contribution in [0.25, 0.3) is 0 Å². The molecule has 0 bridgehead atoms. The number of hydrogen-bond acceptors (Lipinski definition) is 4. The van der Waals surface area contributed by atoms with Gasteiger partial charge in [0.1, 0.15) is 12.4 Å². The van der Waals surface area contributed by atoms with E-state index in [2.05, 4.69) is 22.0 Å². The summed E-state index contributed by atoms with van der Waals surface area (Å²) in [5.74, 6) is 0.319. The number of aromatic nitrogens is 2. The molecule has 0 atom stereocenters. The molecule has 0 radical (unpaired) electrons. The molecular formula is C10H17IN6O2. The van der Waals surface area contributed by atoms with Crippen molar-refractivity contribution in [2.45, 2.75) is 13.5 Å². The summed E-state index contributed by atoms with van der Waals surface area (Å²) in [6.45, 7) is 7.00. The van der Waals surface area contributed by atoms with Crippen LogP contribution in [0.4, 0.5) is 5.69 Å². The quantitative estimate of drug-likeness (QED) is 0.190. The smallest absolute Gasteiger partial charge is 0.306 e. The van der Waals surface area contributed by atoms with Crippen molar-refractivity contribution in [3.8, 4) is 0 Å². The fourth-order valence-corrected chi connectivity index (χ4v) is 1.14. The zero-order chi connectivity index (χ0) is 13.5. The van der Waals surface area contributed by atoms with E-state index in [9.17, 15) is 10.1 Å². The molecule has 0 spiro atoms. The number of rotatable bonds is 6. The van der Waals surface area contributed by atoms with Crippen molar-refractivity contribution in [1.82, 2.24) is 15.1 Å². The molecule has 0 fully saturated rings. The van der Waals surface area contributed by atoms with Gasteiger partial charge in [0.2, 0.25) is 0 Å². The molecule has 0 amide bonds. The standard InChI is InChI=1S/C10H16N6O2.HI/c1-8(2)5-13-10(11)12-3-4-15-7-9(6-14-15)16(17)18;/h6-7H,1,3-5H2,2H3,(H3,11,12,13);1H. The van der Waals surface area contributed by atoms with Gasteiger partial charge < -0.3 is 11.1 Å². The Morgan fingerprint density at radius 2 is 2.42 bits per heavy atom. The highest BCUT2D eigenvalue weighted by molar-refractivity contribution is 14.0. The molecule has 8 nitrogen and oxygen atoms in total. The van der Waals surface area contributed by atoms with Gasteiger partial charge in [-0.3, -0.25) is 14.8 Å². The summed E-state index contributed by atoms with van der Waals surface area (Å²) in [5.41, 5.74) is 6.49. The van der Waals surface area contributed by atoms with E-state index in [1.807, 2.05) is 6.92 Å². The maximum absolute atomic E-state index is 10.4. The van der Waals surface area contributed by atoms with E-state index in [1.54, 1.807) is 0 Å². The second-order valence-electron chi connectivity index (χ2n) is 3.80. The number of nitrogens with two attached hydrogens (primary N) is 1. The second kappa shape index (κ2) is 8.45. The Morgan fingerprint density at radius 3 is 2.95 bits per heavy atom. The Balaban J connectivity index is 0.00000324. The molecule has 19 heavy (non-hydrogen) atoms. The van der Waals surface area contributed by atoms with Crippen molar-refractivity contribution in [2.75, 3.05) is 13.1 Å². The van der Waals surface area contributed by atoms with Crippen LogP contribution in [0.15, 0.2) is 29.5 Å². The normalized spacial score (nSPS) is 10.7. The van der Waals surface area contributed by atoms with Crippen LogP contribution in [0.1, 0.15) is 6.92 Å². The first-order chi connectivity index (χ1) is 8.49. The van der Waals surface area contributed by atoms with Crippen LogP contribution in [-0.4, -0.2) is 33.8 Å². The lowest BCUT2D eigenvalue weighted by molar-refractivity contribution is -0.385. The highest BCUT2D eigenvalue weighted by atomic mass is 127. The molecule has 3 N–H and O–H groups in total. The minimum Gasteiger partial charge on any atom is -0.370 e. The van der Waals surface area contributed by atoms with Gasteiger partial charge in [0.25, 0.3) is 0 Å². The minimum atomic E-state index is -0.487. The molecule has 1 aromatic rings. The molecule has 0 aliphatic rings. The largest absolute Gasteiger partial charge is 0.370 e. The lowest BCUT2D eigenvalue weighted by Crippen LogP contribution is -2.34. The fourth-order valence-electron chi connectivity index (χ4n) is 1.14. The van der Waals surface area contributed by atoms with Crippen LogP contribution < -0.4 is 11.1 Å². The maximum atomic E-state index is 10.4. The molecule has 0 saturated heterocycles. The number of halogens is 1. The average molecular weight is 380 g/mol. The molecule has 1 rings (SSSR count). The Hall–Kier alpha value is -1.65. The number of nitrogens with zero attached hydrogens (tertiary/aromatic N) is 4. The van der Waals surface area contributed by atoms with Gasteiger partial charge in [0, 0.05) is 6.54 Å². The molecule has 0 aromatic carbocycles. The van der Waals surface area contributed by atoms with Crippen molar-refractivity contribution < 1.29 is 4.92 Å². The van der Waals surface area contributed by atoms with E-state index in [4.69, 9.17) is 5.73 Å². The Labute approximate surface area is 127 Å². The molecule has 0 aliphatic heterocycles. The van der Waals surface area contributed by atoms with Gasteiger partial charge in [-0.15, -0.1) is 24.0 Å². The first-order valence-electron chi connectivity index (χ1n) is 5.34. The summed E-state index contributed by atoms with van der Waals surface area (Å²) in [6, 6.07) is 0. The predicted molar refractivity (Wildman–Crippen MR) is 83.6 cm³/mol. The van der Waals surface area contributed by atoms with E-state index < -0.39 is 4.92 Å². The summed E-state index contributed by atoms with van der Waals surface area (Å²) in [5, 5.41) is 17.2. The molecule has 0 unspecified atom stereocenters. The molecule has 0 aliphatic carbocycles. The lowest BCUT2D eigenvalue weighted by atomic mass is 10.4. The van der Waals surface area contributed by atoms with Crippen LogP contribution in [-0.2, 0) is 6.54 Å². The summed E-state index contributed by atoms with van der Waals surface area (Å²) >= 11 is 0. The summed E-state index contributed by atoms with van der Waals surface area (Å²) < 4.78 is 1.47. The topological polar surface area (TPSA) is 111 Å².